The van der Waals surface area contributed by atoms with Crippen LogP contribution in [0.25, 0.3) is 11.4 Å². The van der Waals surface area contributed by atoms with Crippen LogP contribution in [0.15, 0.2) is 47.6 Å². The van der Waals surface area contributed by atoms with Crippen molar-refractivity contribution in [1.29, 1.82) is 0 Å². The number of benzene rings is 2. The van der Waals surface area contributed by atoms with Crippen molar-refractivity contribution >= 4 is 35.1 Å². The van der Waals surface area contributed by atoms with E-state index in [1.807, 2.05) is 24.3 Å². The molecule has 0 bridgehead atoms. The fourth-order valence-electron chi connectivity index (χ4n) is 4.72. The highest BCUT2D eigenvalue weighted by atomic mass is 32.1. The first-order valence-electron chi connectivity index (χ1n) is 13.2. The van der Waals surface area contributed by atoms with Gasteiger partial charge in [0.2, 0.25) is 5.82 Å². The Morgan fingerprint density at radius 3 is 2.51 bits per heavy atom. The number of anilines is 1. The monoisotopic (exact) mass is 589 g/mol. The number of amides is 1. The lowest BCUT2D eigenvalue weighted by atomic mass is 9.85. The van der Waals surface area contributed by atoms with Gasteiger partial charge >= 0.3 is 6.18 Å². The van der Waals surface area contributed by atoms with Crippen molar-refractivity contribution in [1.82, 2.24) is 25.5 Å². The average Bonchev–Trinajstić information content (AvgIpc) is 3.31. The number of hydrogen-bond donors (Lipinski definition) is 3. The summed E-state index contributed by atoms with van der Waals surface area (Å²) in [6.45, 7) is 4.15. The van der Waals surface area contributed by atoms with Crippen molar-refractivity contribution in [2.24, 2.45) is 18.1 Å². The van der Waals surface area contributed by atoms with Crippen LogP contribution in [0.1, 0.15) is 67.2 Å². The quantitative estimate of drug-likeness (QED) is 0.137. The minimum Gasteiger partial charge on any atom is -0.347 e. The normalized spacial score (nSPS) is 17.6. The zero-order valence-electron chi connectivity index (χ0n) is 22.8. The van der Waals surface area contributed by atoms with E-state index in [-0.39, 0.29) is 54.0 Å². The van der Waals surface area contributed by atoms with E-state index in [0.717, 1.165) is 11.3 Å². The molecule has 4 rings (SSSR count). The van der Waals surface area contributed by atoms with Gasteiger partial charge in [-0.05, 0) is 67.6 Å². The van der Waals surface area contributed by atoms with Gasteiger partial charge in [0.15, 0.2) is 10.9 Å². The van der Waals surface area contributed by atoms with Crippen molar-refractivity contribution in [2.45, 2.75) is 57.7 Å². The molecule has 0 unspecified atom stereocenters. The first kappa shape index (κ1) is 30.1. The van der Waals surface area contributed by atoms with Crippen LogP contribution < -0.4 is 16.1 Å². The molecule has 218 valence electrons. The number of carbonyl (C=O) groups excluding carboxylic acids is 1. The molecule has 1 amide bonds. The van der Waals surface area contributed by atoms with Crippen LogP contribution in [0.2, 0.25) is 0 Å². The molecule has 1 aliphatic carbocycles. The molecule has 1 aromatic heterocycles. The summed E-state index contributed by atoms with van der Waals surface area (Å²) in [6.07, 6.45) is -2.52. The second-order valence-corrected chi connectivity index (χ2v) is 10.7. The molecule has 13 heteroatoms. The summed E-state index contributed by atoms with van der Waals surface area (Å²) in [4.78, 5) is 17.0. The molecule has 3 aromatic rings. The summed E-state index contributed by atoms with van der Waals surface area (Å²) in [7, 11) is 1.52. The number of thiocarbonyl (C=S) groups is 1. The number of aromatic nitrogens is 3. The zero-order valence-corrected chi connectivity index (χ0v) is 23.6. The minimum absolute atomic E-state index is 0.0201. The summed E-state index contributed by atoms with van der Waals surface area (Å²) >= 11 is 5.30. The molecular formula is C28H31F4N7OS. The van der Waals surface area contributed by atoms with E-state index in [0.29, 0.717) is 11.5 Å². The van der Waals surface area contributed by atoms with Crippen LogP contribution in [0.4, 0.5) is 23.2 Å². The number of nitrogens with zero attached hydrogens (tertiary/aromatic N) is 4. The maximum absolute atomic E-state index is 14.9. The van der Waals surface area contributed by atoms with Gasteiger partial charge in [-0.3, -0.25) is 10.2 Å². The van der Waals surface area contributed by atoms with Gasteiger partial charge in [0.05, 0.1) is 12.1 Å². The number of aryl methyl sites for hydroxylation is 1. The van der Waals surface area contributed by atoms with Gasteiger partial charge in [0.1, 0.15) is 5.82 Å². The van der Waals surface area contributed by atoms with E-state index >= 15 is 0 Å². The molecule has 1 aliphatic rings. The number of halogens is 4. The number of nitrogens with one attached hydrogen (secondary N) is 3. The molecule has 1 saturated carbocycles. The Kier molecular flexibility index (Phi) is 9.36. The number of alkyl halides is 3. The van der Waals surface area contributed by atoms with Crippen LogP contribution in [-0.2, 0) is 7.05 Å². The SMILES string of the molecule is CC(C)c1ccccc1NC(=S)N/N=C/c1ccc(-c2nc(C(=O)NC3CCC(C(F)(F)F)CC3)n(C)n2)cc1F. The molecule has 1 fully saturated rings. The van der Waals surface area contributed by atoms with Crippen LogP contribution in [-0.4, -0.2) is 44.2 Å². The van der Waals surface area contributed by atoms with E-state index in [2.05, 4.69) is 45.1 Å². The van der Waals surface area contributed by atoms with E-state index in [4.69, 9.17) is 12.2 Å². The maximum atomic E-state index is 14.9. The third-order valence-corrected chi connectivity index (χ3v) is 7.14. The Balaban J connectivity index is 1.35. The summed E-state index contributed by atoms with van der Waals surface area (Å²) in [5.74, 6) is -2.06. The number of rotatable bonds is 7. The first-order chi connectivity index (χ1) is 19.4. The van der Waals surface area contributed by atoms with E-state index in [1.54, 1.807) is 6.07 Å². The molecule has 0 atom stereocenters. The van der Waals surface area contributed by atoms with Crippen molar-refractivity contribution in [3.05, 3.63) is 65.2 Å². The average molecular weight is 590 g/mol. The number of hydrogen-bond acceptors (Lipinski definition) is 5. The van der Waals surface area contributed by atoms with Crippen LogP contribution in [0, 0.1) is 11.7 Å². The van der Waals surface area contributed by atoms with Crippen LogP contribution in [0.5, 0.6) is 0 Å². The molecule has 0 spiro atoms. The Bertz CT molecular complexity index is 1430. The van der Waals surface area contributed by atoms with Gasteiger partial charge < -0.3 is 10.6 Å². The van der Waals surface area contributed by atoms with Gasteiger partial charge in [0.25, 0.3) is 5.91 Å². The lowest BCUT2D eigenvalue weighted by molar-refractivity contribution is -0.182. The molecule has 41 heavy (non-hydrogen) atoms. The zero-order chi connectivity index (χ0) is 29.7. The molecule has 0 radical (unpaired) electrons. The summed E-state index contributed by atoms with van der Waals surface area (Å²) in [5, 5.41) is 14.3. The van der Waals surface area contributed by atoms with E-state index in [1.165, 1.54) is 30.1 Å². The minimum atomic E-state index is -4.22. The highest BCUT2D eigenvalue weighted by molar-refractivity contribution is 7.80. The standard InChI is InChI=1S/C28H31F4N7OS/c1-16(2)21-6-4-5-7-23(21)35-27(41)37-33-15-18-9-8-17(14-22(18)29)24-36-25(39(3)38-24)26(40)34-20-12-10-19(11-13-20)28(30,31)32/h4-9,14-16,19-20H,10-13H2,1-3H3,(H,34,40)(H2,35,37,41)/b33-15+. The molecule has 2 aromatic carbocycles. The van der Waals surface area contributed by atoms with Crippen molar-refractivity contribution in [3.8, 4) is 11.4 Å². The van der Waals surface area contributed by atoms with Gasteiger partial charge in [-0.15, -0.1) is 0 Å². The van der Waals surface area contributed by atoms with Gasteiger partial charge in [-0.1, -0.05) is 38.1 Å². The molecule has 1 heterocycles. The van der Waals surface area contributed by atoms with Gasteiger partial charge in [0, 0.05) is 29.9 Å². The van der Waals surface area contributed by atoms with Crippen molar-refractivity contribution in [3.63, 3.8) is 0 Å². The third-order valence-electron chi connectivity index (χ3n) is 6.95. The maximum Gasteiger partial charge on any atom is 0.391 e. The number of carbonyl (C=O) groups is 1. The second kappa shape index (κ2) is 12.8. The van der Waals surface area contributed by atoms with Crippen LogP contribution in [0.3, 0.4) is 0 Å². The highest BCUT2D eigenvalue weighted by Gasteiger charge is 2.41. The summed E-state index contributed by atoms with van der Waals surface area (Å²) < 4.78 is 54.8. The van der Waals surface area contributed by atoms with Crippen molar-refractivity contribution < 1.29 is 22.4 Å². The van der Waals surface area contributed by atoms with Crippen molar-refractivity contribution in [2.75, 3.05) is 5.32 Å². The predicted molar refractivity (Wildman–Crippen MR) is 153 cm³/mol. The molecule has 0 saturated heterocycles. The second-order valence-electron chi connectivity index (χ2n) is 10.2. The highest BCUT2D eigenvalue weighted by Crippen LogP contribution is 2.37. The lowest BCUT2D eigenvalue weighted by Crippen LogP contribution is -2.40. The lowest BCUT2D eigenvalue weighted by Gasteiger charge is -2.30. The summed E-state index contributed by atoms with van der Waals surface area (Å²) in [6, 6.07) is 11.7. The Morgan fingerprint density at radius 1 is 1.15 bits per heavy atom. The predicted octanol–water partition coefficient (Wildman–Crippen LogP) is 5.92. The molecule has 0 aliphatic heterocycles. The third kappa shape index (κ3) is 7.66. The van der Waals surface area contributed by atoms with Crippen LogP contribution >= 0.6 is 12.2 Å². The number of para-hydroxylation sites is 1. The summed E-state index contributed by atoms with van der Waals surface area (Å²) in [5.41, 5.74) is 5.17. The van der Waals surface area contributed by atoms with E-state index < -0.39 is 23.8 Å². The molecule has 8 nitrogen and oxygen atoms in total. The van der Waals surface area contributed by atoms with E-state index in [9.17, 15) is 22.4 Å². The van der Waals surface area contributed by atoms with Gasteiger partial charge in [-0.2, -0.15) is 23.4 Å². The number of hydrazone groups is 1. The fourth-order valence-corrected chi connectivity index (χ4v) is 4.88. The molecule has 3 N–H and O–H groups in total. The smallest absolute Gasteiger partial charge is 0.347 e. The van der Waals surface area contributed by atoms with Gasteiger partial charge in [-0.25, -0.2) is 14.1 Å². The fraction of sp³-hybridized carbons (Fsp3) is 0.393. The molecular weight excluding hydrogens is 558 g/mol. The Morgan fingerprint density at radius 2 is 1.85 bits per heavy atom. The Hall–Kier alpha value is -3.87. The largest absolute Gasteiger partial charge is 0.391 e. The Labute approximate surface area is 240 Å². The topological polar surface area (TPSA) is 96.2 Å². The first-order valence-corrected chi connectivity index (χ1v) is 13.6.